The largest absolute Gasteiger partial charge is 0.324 e. The summed E-state index contributed by atoms with van der Waals surface area (Å²) in [5.74, 6) is 0.905. The summed E-state index contributed by atoms with van der Waals surface area (Å²) in [5.41, 5.74) is 2.40. The van der Waals surface area contributed by atoms with Crippen molar-refractivity contribution in [3.63, 3.8) is 0 Å². The van der Waals surface area contributed by atoms with Crippen molar-refractivity contribution in [2.45, 2.75) is 6.42 Å². The predicted octanol–water partition coefficient (Wildman–Crippen LogP) is 1.39. The molecule has 1 aliphatic heterocycles. The molecule has 1 N–H and O–H groups in total. The molecule has 0 amide bonds. The lowest BCUT2D eigenvalue weighted by Gasteiger charge is -2.18. The van der Waals surface area contributed by atoms with E-state index in [9.17, 15) is 8.42 Å². The van der Waals surface area contributed by atoms with E-state index in [-0.39, 0.29) is 5.82 Å². The van der Waals surface area contributed by atoms with Crippen LogP contribution < -0.4 is 9.62 Å². The van der Waals surface area contributed by atoms with Crippen molar-refractivity contribution in [2.75, 3.05) is 30.3 Å². The molecule has 2 heterocycles. The van der Waals surface area contributed by atoms with Gasteiger partial charge in [-0.05, 0) is 30.2 Å². The molecule has 1 aliphatic rings. The van der Waals surface area contributed by atoms with Gasteiger partial charge in [0.25, 0.3) is 0 Å². The van der Waals surface area contributed by atoms with Gasteiger partial charge in [0, 0.05) is 26.3 Å². The van der Waals surface area contributed by atoms with Crippen LogP contribution in [-0.4, -0.2) is 43.6 Å². The third-order valence-corrected chi connectivity index (χ3v) is 4.96. The van der Waals surface area contributed by atoms with E-state index < -0.39 is 10.2 Å². The van der Waals surface area contributed by atoms with Crippen molar-refractivity contribution in [3.8, 4) is 0 Å². The highest BCUT2D eigenvalue weighted by Crippen LogP contribution is 2.32. The van der Waals surface area contributed by atoms with Crippen LogP contribution in [0.15, 0.2) is 36.4 Å². The minimum atomic E-state index is -3.56. The van der Waals surface area contributed by atoms with Gasteiger partial charge in [-0.2, -0.15) is 12.7 Å². The predicted molar refractivity (Wildman–Crippen MR) is 85.4 cm³/mol. The monoisotopic (exact) mass is 319 g/mol. The Morgan fingerprint density at radius 2 is 1.91 bits per heavy atom. The van der Waals surface area contributed by atoms with E-state index in [2.05, 4.69) is 25.9 Å². The molecule has 0 atom stereocenters. The zero-order chi connectivity index (χ0) is 15.7. The molecule has 1 aromatic carbocycles. The van der Waals surface area contributed by atoms with E-state index >= 15 is 0 Å². The van der Waals surface area contributed by atoms with Crippen molar-refractivity contribution in [1.82, 2.24) is 14.5 Å². The molecule has 2 aromatic rings. The average molecular weight is 319 g/mol. The highest BCUT2D eigenvalue weighted by Gasteiger charge is 2.21. The quantitative estimate of drug-likeness (QED) is 0.921. The number of benzene rings is 1. The Bertz CT molecular complexity index is 774. The number of aromatic nitrogens is 2. The van der Waals surface area contributed by atoms with E-state index in [4.69, 9.17) is 0 Å². The fraction of sp³-hybridized carbons (Fsp3) is 0.286. The minimum absolute atomic E-state index is 0.199. The van der Waals surface area contributed by atoms with Gasteiger partial charge >= 0.3 is 10.2 Å². The van der Waals surface area contributed by atoms with Gasteiger partial charge in [-0.3, -0.25) is 4.72 Å². The Morgan fingerprint density at radius 3 is 2.59 bits per heavy atom. The summed E-state index contributed by atoms with van der Waals surface area (Å²) < 4.78 is 26.9. The molecule has 0 aliphatic carbocycles. The highest BCUT2D eigenvalue weighted by atomic mass is 32.2. The number of rotatable bonds is 4. The Hall–Kier alpha value is -2.19. The van der Waals surface area contributed by atoms with Crippen LogP contribution in [0, 0.1) is 0 Å². The lowest BCUT2D eigenvalue weighted by Crippen LogP contribution is -2.29. The maximum absolute atomic E-state index is 11.7. The normalized spacial score (nSPS) is 14.2. The zero-order valence-electron chi connectivity index (χ0n) is 12.4. The van der Waals surface area contributed by atoms with Crippen LogP contribution in [0.3, 0.4) is 0 Å². The first-order valence-corrected chi connectivity index (χ1v) is 8.31. The summed E-state index contributed by atoms with van der Waals surface area (Å²) in [4.78, 5) is 2.08. The van der Waals surface area contributed by atoms with E-state index in [1.807, 2.05) is 18.2 Å². The molecule has 22 heavy (non-hydrogen) atoms. The SMILES string of the molecule is CN(C)S(=O)(=O)Nc1ccc(N2CCc3ccccc32)nn1. The molecule has 1 aromatic heterocycles. The molecule has 3 rings (SSSR count). The number of nitrogens with one attached hydrogen (secondary N) is 1. The van der Waals surface area contributed by atoms with Crippen molar-refractivity contribution >= 4 is 27.5 Å². The van der Waals surface area contributed by atoms with Crippen molar-refractivity contribution in [2.24, 2.45) is 0 Å². The fourth-order valence-electron chi connectivity index (χ4n) is 2.32. The molecular weight excluding hydrogens is 302 g/mol. The first-order valence-electron chi connectivity index (χ1n) is 6.87. The van der Waals surface area contributed by atoms with Crippen LogP contribution >= 0.6 is 0 Å². The summed E-state index contributed by atoms with van der Waals surface area (Å²) in [7, 11) is -0.665. The topological polar surface area (TPSA) is 78.4 Å². The molecule has 116 valence electrons. The molecule has 0 bridgehead atoms. The molecule has 8 heteroatoms. The number of anilines is 3. The van der Waals surface area contributed by atoms with E-state index in [0.717, 1.165) is 23.0 Å². The van der Waals surface area contributed by atoms with Crippen molar-refractivity contribution in [3.05, 3.63) is 42.0 Å². The summed E-state index contributed by atoms with van der Waals surface area (Å²) in [6.45, 7) is 0.844. The van der Waals surface area contributed by atoms with Gasteiger partial charge in [-0.15, -0.1) is 10.2 Å². The average Bonchev–Trinajstić information content (AvgIpc) is 2.91. The van der Waals surface area contributed by atoms with Crippen LogP contribution in [0.2, 0.25) is 0 Å². The smallest absolute Gasteiger partial charge is 0.302 e. The summed E-state index contributed by atoms with van der Waals surface area (Å²) in [5, 5.41) is 8.09. The zero-order valence-corrected chi connectivity index (χ0v) is 13.2. The molecule has 0 saturated carbocycles. The second-order valence-corrected chi connectivity index (χ2v) is 7.08. The summed E-state index contributed by atoms with van der Waals surface area (Å²) in [6, 6.07) is 11.5. The Balaban J connectivity index is 1.81. The first kappa shape index (κ1) is 14.7. The van der Waals surface area contributed by atoms with Gasteiger partial charge in [0.1, 0.15) is 0 Å². The maximum atomic E-state index is 11.7. The molecule has 0 saturated heterocycles. The van der Waals surface area contributed by atoms with Crippen LogP contribution in [0.5, 0.6) is 0 Å². The van der Waals surface area contributed by atoms with E-state index in [1.54, 1.807) is 12.1 Å². The first-order chi connectivity index (χ1) is 10.5. The summed E-state index contributed by atoms with van der Waals surface area (Å²) in [6.07, 6.45) is 0.965. The fourth-order valence-corrected chi connectivity index (χ4v) is 2.88. The van der Waals surface area contributed by atoms with Crippen LogP contribution in [0.1, 0.15) is 5.56 Å². The van der Waals surface area contributed by atoms with Gasteiger partial charge < -0.3 is 4.90 Å². The molecule has 0 fully saturated rings. The van der Waals surface area contributed by atoms with Crippen LogP contribution in [0.25, 0.3) is 0 Å². The number of hydrogen-bond acceptors (Lipinski definition) is 5. The minimum Gasteiger partial charge on any atom is -0.324 e. The highest BCUT2D eigenvalue weighted by molar-refractivity contribution is 7.90. The Kier molecular flexibility index (Phi) is 3.71. The third-order valence-electron chi connectivity index (χ3n) is 3.53. The van der Waals surface area contributed by atoms with Gasteiger partial charge in [-0.25, -0.2) is 0 Å². The molecular formula is C14H17N5O2S. The number of fused-ring (bicyclic) bond motifs is 1. The second-order valence-electron chi connectivity index (χ2n) is 5.20. The third kappa shape index (κ3) is 2.75. The molecule has 0 spiro atoms. The lowest BCUT2D eigenvalue weighted by atomic mass is 10.2. The van der Waals surface area contributed by atoms with Gasteiger partial charge in [0.05, 0.1) is 0 Å². The Morgan fingerprint density at radius 1 is 1.14 bits per heavy atom. The maximum Gasteiger partial charge on any atom is 0.302 e. The molecule has 7 nitrogen and oxygen atoms in total. The number of para-hydroxylation sites is 1. The number of nitrogens with zero attached hydrogens (tertiary/aromatic N) is 4. The van der Waals surface area contributed by atoms with E-state index in [0.29, 0.717) is 5.82 Å². The molecule has 0 unspecified atom stereocenters. The van der Waals surface area contributed by atoms with E-state index in [1.165, 1.54) is 19.7 Å². The van der Waals surface area contributed by atoms with Crippen LogP contribution in [0.4, 0.5) is 17.3 Å². The Labute approximate surface area is 129 Å². The van der Waals surface area contributed by atoms with Gasteiger partial charge in [0.15, 0.2) is 11.6 Å². The van der Waals surface area contributed by atoms with Gasteiger partial charge in [0.2, 0.25) is 0 Å². The van der Waals surface area contributed by atoms with Crippen molar-refractivity contribution in [1.29, 1.82) is 0 Å². The standard InChI is InChI=1S/C14H17N5O2S/c1-18(2)22(20,21)17-13-7-8-14(16-15-13)19-10-9-11-5-3-4-6-12(11)19/h3-8H,9-10H2,1-2H3,(H,15,17). The van der Waals surface area contributed by atoms with Gasteiger partial charge in [-0.1, -0.05) is 18.2 Å². The number of hydrogen-bond donors (Lipinski definition) is 1. The molecule has 0 radical (unpaired) electrons. The summed E-state index contributed by atoms with van der Waals surface area (Å²) >= 11 is 0. The second kappa shape index (κ2) is 5.54. The lowest BCUT2D eigenvalue weighted by molar-refractivity contribution is 0.526. The van der Waals surface area contributed by atoms with Crippen LogP contribution in [-0.2, 0) is 16.6 Å². The van der Waals surface area contributed by atoms with Crippen molar-refractivity contribution < 1.29 is 8.42 Å².